The summed E-state index contributed by atoms with van der Waals surface area (Å²) < 4.78 is 68.5. The van der Waals surface area contributed by atoms with Crippen LogP contribution >= 0.6 is 0 Å². The average molecular weight is 1480 g/mol. The van der Waals surface area contributed by atoms with Crippen molar-refractivity contribution < 1.29 is 101 Å². The van der Waals surface area contributed by atoms with Gasteiger partial charge in [0.15, 0.2) is 23.5 Å². The van der Waals surface area contributed by atoms with E-state index in [1.807, 2.05) is 50.1 Å². The Hall–Kier alpha value is -8.26. The number of hydrogen-bond acceptors (Lipinski definition) is 23. The second-order valence-corrected chi connectivity index (χ2v) is 26.9. The molecule has 578 valence electrons. The summed E-state index contributed by atoms with van der Waals surface area (Å²) in [6, 6.07) is 21.2. The van der Waals surface area contributed by atoms with Crippen LogP contribution < -0.4 is 29.7 Å². The number of hydrogen-bond donors (Lipinski definition) is 4. The summed E-state index contributed by atoms with van der Waals surface area (Å²) in [5.41, 5.74) is 6.87. The molecule has 5 heterocycles. The van der Waals surface area contributed by atoms with Crippen LogP contribution in [0.15, 0.2) is 89.9 Å². The predicted octanol–water partition coefficient (Wildman–Crippen LogP) is 6.17. The lowest BCUT2D eigenvalue weighted by Gasteiger charge is -2.34. The van der Waals surface area contributed by atoms with Gasteiger partial charge in [-0.15, -0.1) is 0 Å². The van der Waals surface area contributed by atoms with Crippen LogP contribution in [0.25, 0.3) is 0 Å². The number of Topliss-reactive ketones (excluding diaryl/α,β-unsaturated/α-hetero) is 2. The van der Waals surface area contributed by atoms with Crippen LogP contribution in [0.1, 0.15) is 103 Å². The number of nitrogens with zero attached hydrogens (tertiary/aromatic N) is 5. The molecule has 106 heavy (non-hydrogen) atoms. The van der Waals surface area contributed by atoms with Gasteiger partial charge in [-0.05, 0) is 97.2 Å². The minimum Gasteiger partial charge on any atom is -0.493 e. The minimum atomic E-state index is -1.19. The number of anilines is 1. The number of aliphatic hydroxyl groups excluding tert-OH is 2. The summed E-state index contributed by atoms with van der Waals surface area (Å²) in [5.74, 6) is -0.771. The second kappa shape index (κ2) is 42.9. The largest absolute Gasteiger partial charge is 0.493 e. The van der Waals surface area contributed by atoms with Gasteiger partial charge in [0.25, 0.3) is 5.91 Å². The first-order valence-corrected chi connectivity index (χ1v) is 36.9. The Labute approximate surface area is 620 Å². The molecule has 0 aliphatic carbocycles. The number of ketones is 2. The summed E-state index contributed by atoms with van der Waals surface area (Å²) in [6.45, 7) is 15.9. The summed E-state index contributed by atoms with van der Waals surface area (Å²) in [4.78, 5) is 103. The number of carbonyl (C=O) groups is 7. The number of aryl methyl sites for hydroxylation is 1. The molecule has 0 radical (unpaired) electrons. The van der Waals surface area contributed by atoms with Gasteiger partial charge < -0.3 is 87.5 Å². The van der Waals surface area contributed by atoms with Gasteiger partial charge in [0.2, 0.25) is 17.7 Å². The van der Waals surface area contributed by atoms with Gasteiger partial charge in [-0.25, -0.2) is 9.69 Å². The van der Waals surface area contributed by atoms with E-state index < -0.39 is 30.5 Å². The SMILES string of the molecule is COc1cc2c(cc1OCCCOc1cc3c(cc1C)CN1CCC[C@H]1C(O)N3C(=O)OCc1ccc(CC(=O)[C@H](C)NC(=O)[C@@H](CC(=O)CCOCCOCCOCCOCCOCCOCCOCCOCCNC(=O)CCN3C(=O)C=CC3O)C(C)C)cc1)N=CC1Cc3ccccc3CN1C2=O. The molecule has 0 aromatic heterocycles. The first-order valence-electron chi connectivity index (χ1n) is 36.9. The number of carbonyl (C=O) groups excluding carboxylic acids is 7. The molecule has 1 fully saturated rings. The maximum absolute atomic E-state index is 14.2. The molecule has 6 atom stereocenters. The molecule has 9 rings (SSSR count). The Morgan fingerprint density at radius 1 is 0.670 bits per heavy atom. The topological polar surface area (TPSA) is 320 Å². The van der Waals surface area contributed by atoms with E-state index >= 15 is 0 Å². The average Bonchev–Trinajstić information content (AvgIpc) is 1.58. The van der Waals surface area contributed by atoms with Gasteiger partial charge in [-0.3, -0.25) is 38.7 Å². The molecule has 0 saturated carbocycles. The van der Waals surface area contributed by atoms with Crippen LogP contribution in [-0.4, -0.2) is 249 Å². The first kappa shape index (κ1) is 81.8. The number of amides is 5. The number of benzene rings is 4. The second-order valence-electron chi connectivity index (χ2n) is 26.9. The van der Waals surface area contributed by atoms with Crippen molar-refractivity contribution in [2.24, 2.45) is 16.8 Å². The highest BCUT2D eigenvalue weighted by molar-refractivity contribution is 6.03. The standard InChI is InChI=1S/C78H105N7O21/c1-53(2)63(45-62(86)20-26-96-28-30-98-32-34-100-36-38-102-40-41-103-39-37-101-35-33-99-31-29-97-27-21-79-72(88)19-23-83-73(89)17-18-74(83)90)75(91)81-55(4)68(87)43-56-13-15-57(16-14-56)52-106-78(94)85-67-48-69(54(3)42-60(67)50-82-22-8-12-66(82)77(85)93)104-24-9-25-105-71-47-65-64(46-70(71)95-5)76(92)84-51-59-11-7-6-10-58(59)44-61(84)49-80-65/h6-7,10-11,13-18,42,46-49,53,55,61,63,66,73,77,89,93H,8-9,12,19-41,43-45,50-52H2,1-5H3,(H,79,88)(H,81,91)/t55-,61?,63-,66-,73?,77?/m0/s1. The fourth-order valence-electron chi connectivity index (χ4n) is 13.0. The van der Waals surface area contributed by atoms with E-state index in [0.29, 0.717) is 177 Å². The summed E-state index contributed by atoms with van der Waals surface area (Å²) in [5, 5.41) is 27.2. The Balaban J connectivity index is 0.590. The Kier molecular flexibility index (Phi) is 33.1. The number of aliphatic imine (C=N–C) groups is 1. The molecule has 5 aliphatic heterocycles. The maximum atomic E-state index is 14.2. The van der Waals surface area contributed by atoms with Crippen molar-refractivity contribution in [3.63, 3.8) is 0 Å². The van der Waals surface area contributed by atoms with Crippen LogP contribution in [0.2, 0.25) is 0 Å². The lowest BCUT2D eigenvalue weighted by Crippen LogP contribution is -2.50. The van der Waals surface area contributed by atoms with E-state index in [4.69, 9.17) is 61.8 Å². The van der Waals surface area contributed by atoms with E-state index in [9.17, 15) is 43.8 Å². The third-order valence-electron chi connectivity index (χ3n) is 19.0. The van der Waals surface area contributed by atoms with Gasteiger partial charge in [0.1, 0.15) is 24.4 Å². The summed E-state index contributed by atoms with van der Waals surface area (Å²) >= 11 is 0. The van der Waals surface area contributed by atoms with Gasteiger partial charge >= 0.3 is 6.09 Å². The molecular weight excluding hydrogens is 1370 g/mol. The molecule has 4 N–H and O–H groups in total. The smallest absolute Gasteiger partial charge is 0.416 e. The Bertz CT molecular complexity index is 3590. The molecule has 4 aromatic carbocycles. The number of ether oxygens (including phenoxy) is 12. The fraction of sp³-hybridized carbons (Fsp3) is 0.564. The van der Waals surface area contributed by atoms with E-state index in [-0.39, 0.29) is 118 Å². The van der Waals surface area contributed by atoms with Gasteiger partial charge in [0.05, 0.1) is 161 Å². The number of nitrogens with one attached hydrogen (secondary N) is 2. The lowest BCUT2D eigenvalue weighted by molar-refractivity contribution is -0.133. The molecule has 3 unspecified atom stereocenters. The number of aliphatic hydroxyl groups is 2. The zero-order valence-electron chi connectivity index (χ0n) is 61.7. The molecule has 28 nitrogen and oxygen atoms in total. The van der Waals surface area contributed by atoms with Crippen LogP contribution in [0, 0.1) is 18.8 Å². The molecular formula is C78H105N7O21. The summed E-state index contributed by atoms with van der Waals surface area (Å²) in [6.07, 6.45) is 4.61. The van der Waals surface area contributed by atoms with Gasteiger partial charge in [-0.2, -0.15) is 0 Å². The van der Waals surface area contributed by atoms with Crippen molar-refractivity contribution in [1.29, 1.82) is 0 Å². The predicted molar refractivity (Wildman–Crippen MR) is 390 cm³/mol. The maximum Gasteiger partial charge on any atom is 0.416 e. The molecule has 4 aromatic rings. The van der Waals surface area contributed by atoms with Crippen LogP contribution in [0.4, 0.5) is 16.2 Å². The van der Waals surface area contributed by atoms with Crippen molar-refractivity contribution in [3.8, 4) is 17.2 Å². The van der Waals surface area contributed by atoms with Crippen LogP contribution in [0.3, 0.4) is 0 Å². The molecule has 5 aliphatic rings. The van der Waals surface area contributed by atoms with Gasteiger partial charge in [0, 0.05) is 88.6 Å². The highest BCUT2D eigenvalue weighted by atomic mass is 16.6. The molecule has 0 spiro atoms. The zero-order chi connectivity index (χ0) is 75.2. The van der Waals surface area contributed by atoms with Crippen molar-refractivity contribution in [2.45, 2.75) is 129 Å². The van der Waals surface area contributed by atoms with Crippen LogP contribution in [0.5, 0.6) is 17.2 Å². The molecule has 0 bridgehead atoms. The van der Waals surface area contributed by atoms with E-state index in [1.54, 1.807) is 49.4 Å². The molecule has 28 heteroatoms. The molecule has 1 saturated heterocycles. The third kappa shape index (κ3) is 24.6. The number of rotatable bonds is 47. The summed E-state index contributed by atoms with van der Waals surface area (Å²) in [7, 11) is 1.54. The number of methoxy groups -OCH3 is 1. The number of fused-ring (bicyclic) bond motifs is 5. The van der Waals surface area contributed by atoms with E-state index in [1.165, 1.54) is 34.6 Å². The lowest BCUT2D eigenvalue weighted by atomic mass is 9.88. The van der Waals surface area contributed by atoms with Crippen molar-refractivity contribution in [2.75, 3.05) is 151 Å². The quantitative estimate of drug-likeness (QED) is 0.0359. The van der Waals surface area contributed by atoms with Gasteiger partial charge in [-0.1, -0.05) is 62.4 Å². The highest BCUT2D eigenvalue weighted by Crippen LogP contribution is 2.41. The van der Waals surface area contributed by atoms with Crippen molar-refractivity contribution in [3.05, 3.63) is 124 Å². The fourth-order valence-corrected chi connectivity index (χ4v) is 13.0. The van der Waals surface area contributed by atoms with E-state index in [0.717, 1.165) is 29.7 Å². The van der Waals surface area contributed by atoms with E-state index in [2.05, 4.69) is 27.7 Å². The normalized spacial score (nSPS) is 17.9. The van der Waals surface area contributed by atoms with Crippen molar-refractivity contribution in [1.82, 2.24) is 25.3 Å². The first-order chi connectivity index (χ1) is 51.5. The monoisotopic (exact) mass is 1480 g/mol. The highest BCUT2D eigenvalue weighted by Gasteiger charge is 2.42. The Morgan fingerprint density at radius 2 is 1.28 bits per heavy atom. The third-order valence-corrected chi connectivity index (χ3v) is 19.0. The van der Waals surface area contributed by atoms with Crippen LogP contribution in [-0.2, 0) is 99.1 Å². The minimum absolute atomic E-state index is 0.00695. The molecule has 5 amide bonds. The Morgan fingerprint density at radius 3 is 1.91 bits per heavy atom. The zero-order valence-corrected chi connectivity index (χ0v) is 61.7. The van der Waals surface area contributed by atoms with Crippen molar-refractivity contribution >= 4 is 58.9 Å².